The Morgan fingerprint density at radius 3 is 1.08 bits per heavy atom. The van der Waals surface area contributed by atoms with Crippen molar-refractivity contribution in [2.75, 3.05) is 0 Å². The Morgan fingerprint density at radius 1 is 0.462 bits per heavy atom. The Morgan fingerprint density at radius 2 is 0.769 bits per heavy atom. The highest BCUT2D eigenvalue weighted by molar-refractivity contribution is 5.30. The van der Waals surface area contributed by atoms with Crippen LogP contribution in [0.4, 0.5) is 0 Å². The van der Waals surface area contributed by atoms with Crippen LogP contribution in [0.2, 0.25) is 0 Å². The first-order valence-electron chi connectivity index (χ1n) is 9.82. The van der Waals surface area contributed by atoms with E-state index in [0.29, 0.717) is 18.1 Å². The van der Waals surface area contributed by atoms with Gasteiger partial charge in [0.2, 0.25) is 0 Å². The molecule has 0 aromatic heterocycles. The van der Waals surface area contributed by atoms with Crippen LogP contribution >= 0.6 is 0 Å². The Balaban J connectivity index is 1.60. The summed E-state index contributed by atoms with van der Waals surface area (Å²) in [6.45, 7) is 0. The topological polar surface area (TPSA) is 3.24 Å². The molecule has 3 heterocycles. The van der Waals surface area contributed by atoms with Gasteiger partial charge in [0.25, 0.3) is 0 Å². The van der Waals surface area contributed by atoms with Crippen molar-refractivity contribution in [2.24, 2.45) is 5.92 Å². The minimum Gasteiger partial charge on any atom is -0.282 e. The third kappa shape index (κ3) is 2.77. The van der Waals surface area contributed by atoms with Crippen molar-refractivity contribution in [2.45, 2.75) is 37.4 Å². The Kier molecular flexibility index (Phi) is 4.10. The van der Waals surface area contributed by atoms with E-state index >= 15 is 0 Å². The quantitative estimate of drug-likeness (QED) is 0.539. The molecule has 0 saturated carbocycles. The normalized spacial score (nSPS) is 30.2. The molecule has 0 aliphatic carbocycles. The number of hydrogen-bond donors (Lipinski definition) is 0. The molecule has 26 heavy (non-hydrogen) atoms. The van der Waals surface area contributed by atoms with Crippen LogP contribution in [0.25, 0.3) is 0 Å². The van der Waals surface area contributed by atoms with E-state index < -0.39 is 0 Å². The van der Waals surface area contributed by atoms with Gasteiger partial charge < -0.3 is 0 Å². The van der Waals surface area contributed by atoms with Crippen molar-refractivity contribution in [1.29, 1.82) is 0 Å². The highest BCUT2D eigenvalue weighted by atomic mass is 15.2. The molecule has 1 heteroatoms. The van der Waals surface area contributed by atoms with E-state index in [-0.39, 0.29) is 0 Å². The maximum Gasteiger partial charge on any atom is 0.0363 e. The van der Waals surface area contributed by atoms with Gasteiger partial charge in [0.1, 0.15) is 0 Å². The number of hydrogen-bond acceptors (Lipinski definition) is 1. The number of benzene rings is 3. The summed E-state index contributed by atoms with van der Waals surface area (Å²) in [5.41, 5.74) is 4.41. The van der Waals surface area contributed by atoms with Gasteiger partial charge in [0.15, 0.2) is 0 Å². The van der Waals surface area contributed by atoms with E-state index in [9.17, 15) is 0 Å². The first-order valence-corrected chi connectivity index (χ1v) is 9.82. The van der Waals surface area contributed by atoms with Gasteiger partial charge >= 0.3 is 0 Å². The molecule has 0 N–H and O–H groups in total. The van der Waals surface area contributed by atoms with Gasteiger partial charge in [0.05, 0.1) is 0 Å². The van der Waals surface area contributed by atoms with Crippen LogP contribution in [0.15, 0.2) is 91.0 Å². The summed E-state index contributed by atoms with van der Waals surface area (Å²) >= 11 is 0. The second-order valence-corrected chi connectivity index (χ2v) is 7.80. The molecule has 3 atom stereocenters. The van der Waals surface area contributed by atoms with Crippen LogP contribution in [0, 0.1) is 5.92 Å². The standard InChI is InChI=1S/C25H25N/c1-4-10-20(11-5-1)23-16-19-17-24(21-12-6-2-7-13-21)26(23)25(18-19)22-14-8-3-9-15-22/h1-15,19,23-25H,16-18H2/t19?,23-,24?,25?/m0/s1. The van der Waals surface area contributed by atoms with E-state index in [4.69, 9.17) is 0 Å². The van der Waals surface area contributed by atoms with Crippen LogP contribution in [0.5, 0.6) is 0 Å². The summed E-state index contributed by atoms with van der Waals surface area (Å²) in [7, 11) is 0. The fraction of sp³-hybridized carbons (Fsp3) is 0.280. The van der Waals surface area contributed by atoms with E-state index in [0.717, 1.165) is 5.92 Å². The van der Waals surface area contributed by atoms with Gasteiger partial charge in [0, 0.05) is 18.1 Å². The Labute approximate surface area is 156 Å². The molecular formula is C25H25N. The maximum atomic E-state index is 2.82. The molecule has 3 aliphatic heterocycles. The molecule has 3 fully saturated rings. The van der Waals surface area contributed by atoms with Crippen LogP contribution in [0.1, 0.15) is 54.1 Å². The Hall–Kier alpha value is -2.38. The predicted molar refractivity (Wildman–Crippen MR) is 107 cm³/mol. The first kappa shape index (κ1) is 15.8. The zero-order chi connectivity index (χ0) is 17.3. The second-order valence-electron chi connectivity index (χ2n) is 7.80. The molecule has 2 unspecified atom stereocenters. The van der Waals surface area contributed by atoms with Crippen molar-refractivity contribution in [3.63, 3.8) is 0 Å². The molecule has 1 nitrogen and oxygen atoms in total. The van der Waals surface area contributed by atoms with E-state index in [1.54, 1.807) is 0 Å². The molecule has 3 saturated heterocycles. The third-order valence-electron chi connectivity index (χ3n) is 6.30. The molecule has 0 spiro atoms. The van der Waals surface area contributed by atoms with Gasteiger partial charge in [-0.25, -0.2) is 0 Å². The average Bonchev–Trinajstić information content (AvgIpc) is 2.75. The molecule has 3 aromatic rings. The Bertz CT molecular complexity index is 725. The lowest BCUT2D eigenvalue weighted by atomic mass is 9.70. The molecule has 2 bridgehead atoms. The largest absolute Gasteiger partial charge is 0.282 e. The van der Waals surface area contributed by atoms with Crippen LogP contribution in [-0.4, -0.2) is 4.90 Å². The lowest BCUT2D eigenvalue weighted by Crippen LogP contribution is -2.47. The number of nitrogens with zero attached hydrogens (tertiary/aromatic N) is 1. The highest BCUT2D eigenvalue weighted by Gasteiger charge is 2.46. The highest BCUT2D eigenvalue weighted by Crippen LogP contribution is 2.56. The van der Waals surface area contributed by atoms with Crippen molar-refractivity contribution < 1.29 is 0 Å². The average molecular weight is 339 g/mol. The molecule has 3 aromatic carbocycles. The zero-order valence-electron chi connectivity index (χ0n) is 15.0. The lowest BCUT2D eigenvalue weighted by molar-refractivity contribution is -0.0551. The van der Waals surface area contributed by atoms with Crippen molar-refractivity contribution in [3.8, 4) is 0 Å². The van der Waals surface area contributed by atoms with Gasteiger partial charge in [-0.3, -0.25) is 4.90 Å². The smallest absolute Gasteiger partial charge is 0.0363 e. The van der Waals surface area contributed by atoms with Gasteiger partial charge in [-0.1, -0.05) is 91.0 Å². The SMILES string of the molecule is c1ccc(C2CC3CC(c4ccccc4)N2[C@H](c2ccccc2)C3)cc1. The summed E-state index contributed by atoms with van der Waals surface area (Å²) in [6.07, 6.45) is 3.87. The first-order chi connectivity index (χ1) is 12.9. The summed E-state index contributed by atoms with van der Waals surface area (Å²) < 4.78 is 0. The monoisotopic (exact) mass is 339 g/mol. The van der Waals surface area contributed by atoms with Crippen molar-refractivity contribution >= 4 is 0 Å². The molecule has 3 aliphatic rings. The summed E-state index contributed by atoms with van der Waals surface area (Å²) in [6, 6.07) is 34.9. The van der Waals surface area contributed by atoms with E-state index in [1.807, 2.05) is 0 Å². The van der Waals surface area contributed by atoms with E-state index in [2.05, 4.69) is 95.9 Å². The van der Waals surface area contributed by atoms with Crippen molar-refractivity contribution in [1.82, 2.24) is 4.90 Å². The lowest BCUT2D eigenvalue weighted by Gasteiger charge is -2.55. The molecular weight excluding hydrogens is 314 g/mol. The van der Waals surface area contributed by atoms with E-state index in [1.165, 1.54) is 36.0 Å². The third-order valence-corrected chi connectivity index (χ3v) is 6.30. The molecule has 6 rings (SSSR count). The van der Waals surface area contributed by atoms with Gasteiger partial charge in [-0.15, -0.1) is 0 Å². The summed E-state index contributed by atoms with van der Waals surface area (Å²) in [5.74, 6) is 0.792. The van der Waals surface area contributed by atoms with Crippen LogP contribution in [0.3, 0.4) is 0 Å². The van der Waals surface area contributed by atoms with Crippen LogP contribution < -0.4 is 0 Å². The van der Waals surface area contributed by atoms with Gasteiger partial charge in [-0.2, -0.15) is 0 Å². The minimum atomic E-state index is 0.513. The fourth-order valence-electron chi connectivity index (χ4n) is 5.20. The zero-order valence-corrected chi connectivity index (χ0v) is 15.0. The molecule has 130 valence electrons. The number of fused-ring (bicyclic) bond motifs is 3. The summed E-state index contributed by atoms with van der Waals surface area (Å²) in [5, 5.41) is 0. The van der Waals surface area contributed by atoms with Crippen LogP contribution in [-0.2, 0) is 0 Å². The number of piperidine rings is 3. The predicted octanol–water partition coefficient (Wildman–Crippen LogP) is 6.33. The van der Waals surface area contributed by atoms with Crippen molar-refractivity contribution in [3.05, 3.63) is 108 Å². The summed E-state index contributed by atoms with van der Waals surface area (Å²) in [4.78, 5) is 2.82. The van der Waals surface area contributed by atoms with Gasteiger partial charge in [-0.05, 0) is 41.9 Å². The molecule has 0 amide bonds. The minimum absolute atomic E-state index is 0.513. The second kappa shape index (κ2) is 6.74. The number of rotatable bonds is 3. The fourth-order valence-corrected chi connectivity index (χ4v) is 5.20. The molecule has 0 radical (unpaired) electrons. The maximum absolute atomic E-state index is 2.82.